The Morgan fingerprint density at radius 2 is 2.00 bits per heavy atom. The SMILES string of the molecule is Cc1c(-c2ccc(C(=O)N3CCCC3[C@@H](C)CN3CCCC3)s2)noc1C(F)(F)F. The molecule has 5 nitrogen and oxygen atoms in total. The third-order valence-electron chi connectivity index (χ3n) is 6.19. The summed E-state index contributed by atoms with van der Waals surface area (Å²) in [5.74, 6) is -0.741. The topological polar surface area (TPSA) is 49.6 Å². The molecule has 1 unspecified atom stereocenters. The second kappa shape index (κ2) is 8.34. The van der Waals surface area contributed by atoms with Crippen molar-refractivity contribution in [1.29, 1.82) is 0 Å². The van der Waals surface area contributed by atoms with Gasteiger partial charge in [-0.1, -0.05) is 12.1 Å². The first-order chi connectivity index (χ1) is 14.3. The molecule has 4 rings (SSSR count). The minimum atomic E-state index is -4.58. The number of hydrogen-bond donors (Lipinski definition) is 0. The molecule has 2 aliphatic rings. The van der Waals surface area contributed by atoms with Gasteiger partial charge in [0.15, 0.2) is 0 Å². The van der Waals surface area contributed by atoms with Crippen LogP contribution in [0.1, 0.15) is 53.6 Å². The number of halogens is 3. The van der Waals surface area contributed by atoms with Crippen molar-refractivity contribution in [2.24, 2.45) is 5.92 Å². The van der Waals surface area contributed by atoms with Crippen LogP contribution in [0.4, 0.5) is 13.2 Å². The van der Waals surface area contributed by atoms with E-state index in [0.717, 1.165) is 39.0 Å². The maximum Gasteiger partial charge on any atom is 0.452 e. The molecule has 30 heavy (non-hydrogen) atoms. The molecule has 2 aromatic heterocycles. The summed E-state index contributed by atoms with van der Waals surface area (Å²) < 4.78 is 43.5. The van der Waals surface area contributed by atoms with Crippen LogP contribution in [0.5, 0.6) is 0 Å². The average molecular weight is 442 g/mol. The fourth-order valence-corrected chi connectivity index (χ4v) is 5.68. The second-order valence-corrected chi connectivity index (χ2v) is 9.42. The number of amides is 1. The lowest BCUT2D eigenvalue weighted by atomic mass is 9.99. The molecule has 0 aliphatic carbocycles. The summed E-state index contributed by atoms with van der Waals surface area (Å²) in [5.41, 5.74) is 0.0911. The molecule has 0 saturated carbocycles. The van der Waals surface area contributed by atoms with Crippen molar-refractivity contribution < 1.29 is 22.5 Å². The van der Waals surface area contributed by atoms with Crippen LogP contribution >= 0.6 is 11.3 Å². The number of carbonyl (C=O) groups is 1. The van der Waals surface area contributed by atoms with Crippen molar-refractivity contribution in [3.05, 3.63) is 28.3 Å². The van der Waals surface area contributed by atoms with Crippen LogP contribution in [0, 0.1) is 12.8 Å². The summed E-state index contributed by atoms with van der Waals surface area (Å²) in [6.07, 6.45) is -0.114. The van der Waals surface area contributed by atoms with Gasteiger partial charge in [-0.2, -0.15) is 13.2 Å². The monoisotopic (exact) mass is 441 g/mol. The number of aromatic nitrogens is 1. The van der Waals surface area contributed by atoms with E-state index in [1.165, 1.54) is 31.1 Å². The Hall–Kier alpha value is -1.87. The van der Waals surface area contributed by atoms with E-state index in [0.29, 0.717) is 15.7 Å². The molecule has 2 atom stereocenters. The molecule has 2 aliphatic heterocycles. The summed E-state index contributed by atoms with van der Waals surface area (Å²) in [7, 11) is 0. The minimum absolute atomic E-state index is 0.0424. The molecular weight excluding hydrogens is 415 g/mol. The lowest BCUT2D eigenvalue weighted by Crippen LogP contribution is -2.42. The van der Waals surface area contributed by atoms with Gasteiger partial charge in [0.2, 0.25) is 5.76 Å². The summed E-state index contributed by atoms with van der Waals surface area (Å²) in [6.45, 7) is 7.55. The van der Waals surface area contributed by atoms with Gasteiger partial charge in [0.1, 0.15) is 5.69 Å². The Balaban J connectivity index is 1.49. The van der Waals surface area contributed by atoms with Gasteiger partial charge in [-0.3, -0.25) is 4.79 Å². The molecule has 0 radical (unpaired) electrons. The van der Waals surface area contributed by atoms with Gasteiger partial charge < -0.3 is 14.3 Å². The first-order valence-corrected chi connectivity index (χ1v) is 11.2. The van der Waals surface area contributed by atoms with Crippen molar-refractivity contribution >= 4 is 17.2 Å². The van der Waals surface area contributed by atoms with Gasteiger partial charge >= 0.3 is 6.18 Å². The predicted molar refractivity (Wildman–Crippen MR) is 108 cm³/mol. The number of rotatable bonds is 5. The fraction of sp³-hybridized carbons (Fsp3) is 0.619. The number of likely N-dealkylation sites (tertiary alicyclic amines) is 2. The number of alkyl halides is 3. The highest BCUT2D eigenvalue weighted by Crippen LogP contribution is 2.38. The Labute approximate surface area is 177 Å². The predicted octanol–water partition coefficient (Wildman–Crippen LogP) is 5.07. The highest BCUT2D eigenvalue weighted by Gasteiger charge is 2.39. The Kier molecular flexibility index (Phi) is 5.94. The lowest BCUT2D eigenvalue weighted by molar-refractivity contribution is -0.156. The van der Waals surface area contributed by atoms with Crippen LogP contribution in [0.3, 0.4) is 0 Å². The molecule has 9 heteroatoms. The van der Waals surface area contributed by atoms with E-state index in [-0.39, 0.29) is 23.2 Å². The van der Waals surface area contributed by atoms with Crippen molar-refractivity contribution in [3.63, 3.8) is 0 Å². The molecule has 0 N–H and O–H groups in total. The van der Waals surface area contributed by atoms with Gasteiger partial charge in [-0.25, -0.2) is 0 Å². The van der Waals surface area contributed by atoms with Gasteiger partial charge in [0, 0.05) is 24.7 Å². The quantitative estimate of drug-likeness (QED) is 0.650. The molecule has 0 spiro atoms. The summed E-state index contributed by atoms with van der Waals surface area (Å²) in [6, 6.07) is 3.54. The van der Waals surface area contributed by atoms with E-state index >= 15 is 0 Å². The Morgan fingerprint density at radius 3 is 2.67 bits per heavy atom. The average Bonchev–Trinajstić information content (AvgIpc) is 3.46. The van der Waals surface area contributed by atoms with E-state index < -0.39 is 11.9 Å². The molecule has 1 amide bonds. The first-order valence-electron chi connectivity index (χ1n) is 10.4. The van der Waals surface area contributed by atoms with Crippen LogP contribution in [-0.4, -0.2) is 53.1 Å². The van der Waals surface area contributed by atoms with Crippen LogP contribution < -0.4 is 0 Å². The van der Waals surface area contributed by atoms with Crippen LogP contribution in [0.2, 0.25) is 0 Å². The largest absolute Gasteiger partial charge is 0.452 e. The molecule has 2 aromatic rings. The lowest BCUT2D eigenvalue weighted by Gasteiger charge is -2.31. The molecule has 2 saturated heterocycles. The van der Waals surface area contributed by atoms with Crippen LogP contribution in [-0.2, 0) is 6.18 Å². The first kappa shape index (κ1) is 21.4. The number of nitrogens with zero attached hydrogens (tertiary/aromatic N) is 3. The van der Waals surface area contributed by atoms with Gasteiger partial charge in [-0.05, 0) is 63.7 Å². The van der Waals surface area contributed by atoms with E-state index in [9.17, 15) is 18.0 Å². The van der Waals surface area contributed by atoms with Gasteiger partial charge in [-0.15, -0.1) is 11.3 Å². The van der Waals surface area contributed by atoms with Gasteiger partial charge in [0.25, 0.3) is 5.91 Å². The number of hydrogen-bond acceptors (Lipinski definition) is 5. The zero-order chi connectivity index (χ0) is 21.5. The number of carbonyl (C=O) groups excluding carboxylic acids is 1. The molecule has 4 heterocycles. The van der Waals surface area contributed by atoms with E-state index in [4.69, 9.17) is 0 Å². The van der Waals surface area contributed by atoms with Crippen LogP contribution in [0.15, 0.2) is 16.7 Å². The highest BCUT2D eigenvalue weighted by atomic mass is 32.1. The smallest absolute Gasteiger partial charge is 0.351 e. The van der Waals surface area contributed by atoms with Crippen molar-refractivity contribution in [2.45, 2.75) is 51.7 Å². The Morgan fingerprint density at radius 1 is 1.27 bits per heavy atom. The zero-order valence-electron chi connectivity index (χ0n) is 17.2. The summed E-state index contributed by atoms with van der Waals surface area (Å²) in [4.78, 5) is 18.7. The fourth-order valence-electron chi connectivity index (χ4n) is 4.68. The maximum atomic E-state index is 13.2. The normalized spacial score (nSPS) is 21.5. The second-order valence-electron chi connectivity index (χ2n) is 8.34. The summed E-state index contributed by atoms with van der Waals surface area (Å²) in [5, 5.41) is 3.61. The third kappa shape index (κ3) is 4.14. The maximum absolute atomic E-state index is 13.2. The van der Waals surface area contributed by atoms with E-state index in [2.05, 4.69) is 21.5 Å². The third-order valence-corrected chi connectivity index (χ3v) is 7.27. The minimum Gasteiger partial charge on any atom is -0.351 e. The molecule has 164 valence electrons. The van der Waals surface area contributed by atoms with E-state index in [1.54, 1.807) is 12.1 Å². The molecular formula is C21H26F3N3O2S. The molecule has 0 bridgehead atoms. The van der Waals surface area contributed by atoms with Gasteiger partial charge in [0.05, 0.1) is 9.75 Å². The standard InChI is InChI=1S/C21H26F3N3O2S/c1-13(12-26-9-3-4-10-26)15-6-5-11-27(15)20(28)17-8-7-16(30-17)18-14(2)19(29-25-18)21(22,23)24/h7-8,13,15H,3-6,9-12H2,1-2H3/t13-,15?/m0/s1. The van der Waals surface area contributed by atoms with Crippen molar-refractivity contribution in [2.75, 3.05) is 26.2 Å². The molecule has 0 aromatic carbocycles. The Bertz CT molecular complexity index is 902. The van der Waals surface area contributed by atoms with Crippen molar-refractivity contribution in [3.8, 4) is 10.6 Å². The van der Waals surface area contributed by atoms with Crippen molar-refractivity contribution in [1.82, 2.24) is 15.0 Å². The highest BCUT2D eigenvalue weighted by molar-refractivity contribution is 7.17. The van der Waals surface area contributed by atoms with Crippen LogP contribution in [0.25, 0.3) is 10.6 Å². The van der Waals surface area contributed by atoms with E-state index in [1.807, 2.05) is 4.90 Å². The summed E-state index contributed by atoms with van der Waals surface area (Å²) >= 11 is 1.17. The zero-order valence-corrected chi connectivity index (χ0v) is 18.0. The molecule has 2 fully saturated rings. The number of thiophene rings is 1.